The van der Waals surface area contributed by atoms with E-state index in [-0.39, 0.29) is 11.5 Å². The lowest BCUT2D eigenvalue weighted by Gasteiger charge is -2.06. The molecule has 8 heteroatoms. The van der Waals surface area contributed by atoms with Gasteiger partial charge in [0.1, 0.15) is 17.3 Å². The van der Waals surface area contributed by atoms with Gasteiger partial charge in [0.05, 0.1) is 0 Å². The maximum atomic E-state index is 12.5. The minimum absolute atomic E-state index is 0.0194. The molecule has 0 bridgehead atoms. The number of aromatic nitrogens is 5. The van der Waals surface area contributed by atoms with Gasteiger partial charge in [-0.2, -0.15) is 13.2 Å². The number of rotatable bonds is 1. The van der Waals surface area contributed by atoms with Crippen LogP contribution in [0.2, 0.25) is 0 Å². The summed E-state index contributed by atoms with van der Waals surface area (Å²) in [6, 6.07) is 1.32. The van der Waals surface area contributed by atoms with Crippen LogP contribution in [-0.2, 0) is 6.18 Å². The van der Waals surface area contributed by atoms with Crippen LogP contribution in [0.3, 0.4) is 0 Å². The molecule has 0 amide bonds. The average Bonchev–Trinajstić information content (AvgIpc) is 2.27. The molecule has 2 aromatic heterocycles. The second kappa shape index (κ2) is 4.28. The van der Waals surface area contributed by atoms with Gasteiger partial charge in [-0.1, -0.05) is 0 Å². The van der Waals surface area contributed by atoms with E-state index in [0.29, 0.717) is 11.6 Å². The summed E-state index contributed by atoms with van der Waals surface area (Å²) in [7, 11) is 0. The minimum atomic E-state index is -4.59. The lowest BCUT2D eigenvalue weighted by molar-refractivity contribution is -0.144. The Morgan fingerprint density at radius 3 is 2.11 bits per heavy atom. The summed E-state index contributed by atoms with van der Waals surface area (Å²) in [5.74, 6) is -0.266. The van der Waals surface area contributed by atoms with Crippen molar-refractivity contribution in [2.45, 2.75) is 20.0 Å². The zero-order chi connectivity index (χ0) is 13.3. The summed E-state index contributed by atoms with van der Waals surface area (Å²) >= 11 is 0. The van der Waals surface area contributed by atoms with Crippen LogP contribution in [0.1, 0.15) is 17.5 Å². The first-order valence-electron chi connectivity index (χ1n) is 4.96. The topological polar surface area (TPSA) is 64.5 Å². The monoisotopic (exact) mass is 255 g/mol. The highest BCUT2D eigenvalue weighted by atomic mass is 19.4. The number of nitrogens with zero attached hydrogens (tertiary/aromatic N) is 5. The molecule has 0 aliphatic carbocycles. The molecule has 0 N–H and O–H groups in total. The van der Waals surface area contributed by atoms with Crippen LogP contribution in [0.4, 0.5) is 13.2 Å². The molecule has 0 saturated carbocycles. The average molecular weight is 255 g/mol. The summed E-state index contributed by atoms with van der Waals surface area (Å²) < 4.78 is 37.4. The van der Waals surface area contributed by atoms with Crippen molar-refractivity contribution < 1.29 is 13.2 Å². The summed E-state index contributed by atoms with van der Waals surface area (Å²) in [5, 5.41) is 0. The van der Waals surface area contributed by atoms with E-state index in [1.807, 2.05) is 0 Å². The van der Waals surface area contributed by atoms with Crippen molar-refractivity contribution in [3.8, 4) is 11.5 Å². The highest BCUT2D eigenvalue weighted by molar-refractivity contribution is 5.47. The van der Waals surface area contributed by atoms with E-state index >= 15 is 0 Å². The van der Waals surface area contributed by atoms with Crippen molar-refractivity contribution in [2.24, 2.45) is 0 Å². The van der Waals surface area contributed by atoms with Crippen molar-refractivity contribution in [3.63, 3.8) is 0 Å². The molecule has 0 unspecified atom stereocenters. The Labute approximate surface area is 100 Å². The van der Waals surface area contributed by atoms with E-state index in [9.17, 15) is 13.2 Å². The van der Waals surface area contributed by atoms with E-state index in [0.717, 1.165) is 6.20 Å². The Balaban J connectivity index is 2.51. The van der Waals surface area contributed by atoms with Crippen LogP contribution in [0.5, 0.6) is 0 Å². The fraction of sp³-hybridized carbons (Fsp3) is 0.300. The van der Waals surface area contributed by atoms with Crippen molar-refractivity contribution in [3.05, 3.63) is 29.7 Å². The lowest BCUT2D eigenvalue weighted by atomic mass is 10.3. The molecule has 18 heavy (non-hydrogen) atoms. The summed E-state index contributed by atoms with van der Waals surface area (Å²) in [6.07, 6.45) is -3.56. The number of hydrogen-bond donors (Lipinski definition) is 0. The first-order chi connectivity index (χ1) is 8.36. The van der Waals surface area contributed by atoms with Crippen molar-refractivity contribution in [2.75, 3.05) is 0 Å². The molecule has 5 nitrogen and oxygen atoms in total. The molecule has 0 aromatic carbocycles. The Bertz CT molecular complexity index is 562. The molecular formula is C10H8F3N5. The van der Waals surface area contributed by atoms with Gasteiger partial charge in [0.2, 0.25) is 5.82 Å². The minimum Gasteiger partial charge on any atom is -0.233 e. The quantitative estimate of drug-likeness (QED) is 0.779. The summed E-state index contributed by atoms with van der Waals surface area (Å²) in [6.45, 7) is 3.26. The molecule has 0 spiro atoms. The Morgan fingerprint density at radius 2 is 1.56 bits per heavy atom. The molecule has 0 atom stereocenters. The van der Waals surface area contributed by atoms with Crippen molar-refractivity contribution >= 4 is 0 Å². The maximum Gasteiger partial charge on any atom is 0.451 e. The molecule has 0 aliphatic rings. The van der Waals surface area contributed by atoms with Gasteiger partial charge in [0.15, 0.2) is 5.82 Å². The second-order valence-electron chi connectivity index (χ2n) is 3.52. The molecule has 0 aliphatic heterocycles. The normalized spacial score (nSPS) is 11.6. The molecule has 2 rings (SSSR count). The van der Waals surface area contributed by atoms with E-state index in [1.54, 1.807) is 13.8 Å². The van der Waals surface area contributed by atoms with E-state index in [4.69, 9.17) is 0 Å². The first-order valence-corrected chi connectivity index (χ1v) is 4.96. The Hall–Kier alpha value is -2.12. The third-order valence-corrected chi connectivity index (χ3v) is 2.00. The molecule has 2 heterocycles. The smallest absolute Gasteiger partial charge is 0.233 e. The van der Waals surface area contributed by atoms with Crippen LogP contribution in [-0.4, -0.2) is 24.9 Å². The number of halogens is 3. The molecule has 0 fully saturated rings. The second-order valence-corrected chi connectivity index (χ2v) is 3.52. The fourth-order valence-corrected chi connectivity index (χ4v) is 1.35. The zero-order valence-corrected chi connectivity index (χ0v) is 9.52. The highest BCUT2D eigenvalue weighted by Gasteiger charge is 2.34. The Morgan fingerprint density at radius 1 is 0.944 bits per heavy atom. The molecule has 0 radical (unpaired) electrons. The predicted molar refractivity (Wildman–Crippen MR) is 55.3 cm³/mol. The molecule has 94 valence electrons. The van der Waals surface area contributed by atoms with E-state index in [2.05, 4.69) is 24.9 Å². The van der Waals surface area contributed by atoms with Gasteiger partial charge in [0.25, 0.3) is 0 Å². The van der Waals surface area contributed by atoms with Gasteiger partial charge < -0.3 is 0 Å². The molecular weight excluding hydrogens is 247 g/mol. The number of hydrogen-bond acceptors (Lipinski definition) is 5. The van der Waals surface area contributed by atoms with E-state index < -0.39 is 12.0 Å². The van der Waals surface area contributed by atoms with Crippen LogP contribution < -0.4 is 0 Å². The third-order valence-electron chi connectivity index (χ3n) is 2.00. The highest BCUT2D eigenvalue weighted by Crippen LogP contribution is 2.26. The van der Waals surface area contributed by atoms with Gasteiger partial charge in [-0.15, -0.1) is 0 Å². The summed E-state index contributed by atoms with van der Waals surface area (Å²) in [5.41, 5.74) is 0.0194. The lowest BCUT2D eigenvalue weighted by Crippen LogP contribution is -2.11. The van der Waals surface area contributed by atoms with Crippen LogP contribution in [0, 0.1) is 13.8 Å². The van der Waals surface area contributed by atoms with Gasteiger partial charge >= 0.3 is 6.18 Å². The standard InChI is InChI=1S/C10H8F3N5/c1-5-15-6(2)17-8(16-5)7-3-4-14-9(18-7)10(11,12)13/h3-4H,1-2H3. The zero-order valence-electron chi connectivity index (χ0n) is 9.52. The summed E-state index contributed by atoms with van der Waals surface area (Å²) in [4.78, 5) is 18.4. The number of alkyl halides is 3. The first kappa shape index (κ1) is 12.3. The third kappa shape index (κ3) is 2.58. The van der Waals surface area contributed by atoms with Gasteiger partial charge in [0, 0.05) is 6.20 Å². The van der Waals surface area contributed by atoms with Crippen LogP contribution in [0.25, 0.3) is 11.5 Å². The predicted octanol–water partition coefficient (Wildman–Crippen LogP) is 1.96. The van der Waals surface area contributed by atoms with E-state index in [1.165, 1.54) is 6.07 Å². The van der Waals surface area contributed by atoms with Crippen LogP contribution in [0.15, 0.2) is 12.3 Å². The van der Waals surface area contributed by atoms with Gasteiger partial charge in [-0.25, -0.2) is 24.9 Å². The Kier molecular flexibility index (Phi) is 2.93. The van der Waals surface area contributed by atoms with Gasteiger partial charge in [-0.05, 0) is 19.9 Å². The van der Waals surface area contributed by atoms with Crippen LogP contribution >= 0.6 is 0 Å². The van der Waals surface area contributed by atoms with Crippen molar-refractivity contribution in [1.82, 2.24) is 24.9 Å². The SMILES string of the molecule is Cc1nc(C)nc(-c2ccnc(C(F)(F)F)n2)n1. The number of aryl methyl sites for hydroxylation is 2. The molecule has 0 saturated heterocycles. The maximum absolute atomic E-state index is 12.5. The van der Waals surface area contributed by atoms with Crippen molar-refractivity contribution in [1.29, 1.82) is 0 Å². The molecule has 2 aromatic rings. The fourth-order valence-electron chi connectivity index (χ4n) is 1.35. The van der Waals surface area contributed by atoms with Gasteiger partial charge in [-0.3, -0.25) is 0 Å². The largest absolute Gasteiger partial charge is 0.451 e.